The van der Waals surface area contributed by atoms with E-state index in [9.17, 15) is 9.59 Å². The molecule has 2 heterocycles. The normalized spacial score (nSPS) is 15.0. The van der Waals surface area contributed by atoms with E-state index in [4.69, 9.17) is 9.15 Å². The Morgan fingerprint density at radius 1 is 1.17 bits per heavy atom. The number of ether oxygens (including phenoxy) is 1. The molecule has 2 amide bonds. The number of furan rings is 1. The average Bonchev–Trinajstić information content (AvgIpc) is 3.34. The third kappa shape index (κ3) is 5.48. The van der Waals surface area contributed by atoms with Crippen molar-refractivity contribution in [3.63, 3.8) is 0 Å². The molecule has 0 saturated heterocycles. The lowest BCUT2D eigenvalue weighted by atomic mass is 9.87. The first-order chi connectivity index (χ1) is 16.9. The van der Waals surface area contributed by atoms with E-state index in [1.807, 2.05) is 30.9 Å². The lowest BCUT2D eigenvalue weighted by Gasteiger charge is -2.39. The monoisotopic (exact) mass is 472 g/mol. The van der Waals surface area contributed by atoms with Crippen LogP contribution < -0.4 is 10.1 Å². The summed E-state index contributed by atoms with van der Waals surface area (Å²) in [5, 5.41) is 2.69. The summed E-state index contributed by atoms with van der Waals surface area (Å²) in [7, 11) is 0. The molecule has 1 atom stereocenters. The molecule has 0 radical (unpaired) electrons. The van der Waals surface area contributed by atoms with Crippen LogP contribution in [-0.2, 0) is 17.8 Å². The van der Waals surface area contributed by atoms with E-state index in [0.29, 0.717) is 24.6 Å². The number of carbonyl (C=O) groups is 2. The molecule has 1 aliphatic heterocycles. The molecule has 0 bridgehead atoms. The molecular formula is C29H32N2O4. The second kappa shape index (κ2) is 10.6. The summed E-state index contributed by atoms with van der Waals surface area (Å²) in [5.41, 5.74) is 4.56. The van der Waals surface area contributed by atoms with Crippen molar-refractivity contribution in [3.05, 3.63) is 101 Å². The van der Waals surface area contributed by atoms with Gasteiger partial charge in [0.2, 0.25) is 5.91 Å². The highest BCUT2D eigenvalue weighted by molar-refractivity contribution is 5.91. The highest BCUT2D eigenvalue weighted by Gasteiger charge is 2.33. The van der Waals surface area contributed by atoms with Gasteiger partial charge in [-0.1, -0.05) is 55.8 Å². The van der Waals surface area contributed by atoms with Crippen molar-refractivity contribution in [2.75, 3.05) is 13.1 Å². The summed E-state index contributed by atoms with van der Waals surface area (Å²) in [6.45, 7) is 10.8. The lowest BCUT2D eigenvalue weighted by molar-refractivity contribution is -0.136. The Labute approximate surface area is 206 Å². The Kier molecular flexibility index (Phi) is 7.39. The fraction of sp³-hybridized carbons (Fsp3) is 0.310. The zero-order chi connectivity index (χ0) is 24.9. The first-order valence-corrected chi connectivity index (χ1v) is 12.0. The van der Waals surface area contributed by atoms with Crippen molar-refractivity contribution < 1.29 is 18.7 Å². The van der Waals surface area contributed by atoms with E-state index in [-0.39, 0.29) is 36.1 Å². The average molecular weight is 473 g/mol. The van der Waals surface area contributed by atoms with Crippen LogP contribution in [0.25, 0.3) is 0 Å². The molecule has 1 aliphatic rings. The summed E-state index contributed by atoms with van der Waals surface area (Å²) < 4.78 is 11.7. The molecule has 35 heavy (non-hydrogen) atoms. The number of hydrogen-bond donors (Lipinski definition) is 1. The number of amides is 2. The van der Waals surface area contributed by atoms with E-state index in [0.717, 1.165) is 17.5 Å². The fourth-order valence-corrected chi connectivity index (χ4v) is 4.34. The van der Waals surface area contributed by atoms with Gasteiger partial charge in [-0.3, -0.25) is 9.59 Å². The molecule has 0 spiro atoms. The molecule has 182 valence electrons. The Morgan fingerprint density at radius 2 is 1.94 bits per heavy atom. The van der Waals surface area contributed by atoms with Crippen LogP contribution in [0.3, 0.4) is 0 Å². The van der Waals surface area contributed by atoms with Crippen LogP contribution in [0.1, 0.15) is 58.5 Å². The SMILES string of the molecule is C=CCNC(=O)c1ccc(COc2ccc3c(c2)[C@H](c2ccc(C)cc2)N(C(=O)C(C)C)CC3)o1. The summed E-state index contributed by atoms with van der Waals surface area (Å²) in [4.78, 5) is 27.2. The maximum Gasteiger partial charge on any atom is 0.287 e. The van der Waals surface area contributed by atoms with Gasteiger partial charge in [-0.2, -0.15) is 0 Å². The number of nitrogens with one attached hydrogen (secondary N) is 1. The third-order valence-electron chi connectivity index (χ3n) is 6.19. The van der Waals surface area contributed by atoms with Gasteiger partial charge in [-0.25, -0.2) is 0 Å². The van der Waals surface area contributed by atoms with Crippen molar-refractivity contribution in [2.24, 2.45) is 5.92 Å². The Hall–Kier alpha value is -3.80. The van der Waals surface area contributed by atoms with Crippen LogP contribution >= 0.6 is 0 Å². The third-order valence-corrected chi connectivity index (χ3v) is 6.19. The predicted octanol–water partition coefficient (Wildman–Crippen LogP) is 5.21. The maximum atomic E-state index is 13.1. The minimum atomic E-state index is -0.291. The van der Waals surface area contributed by atoms with Gasteiger partial charge in [-0.15, -0.1) is 6.58 Å². The number of benzene rings is 2. The Bertz CT molecular complexity index is 1210. The zero-order valence-electron chi connectivity index (χ0n) is 20.5. The fourth-order valence-electron chi connectivity index (χ4n) is 4.34. The number of carbonyl (C=O) groups excluding carboxylic acids is 2. The van der Waals surface area contributed by atoms with Crippen molar-refractivity contribution in [3.8, 4) is 5.75 Å². The van der Waals surface area contributed by atoms with E-state index in [2.05, 4.69) is 49.2 Å². The number of hydrogen-bond acceptors (Lipinski definition) is 4. The quantitative estimate of drug-likeness (QED) is 0.457. The first-order valence-electron chi connectivity index (χ1n) is 12.0. The molecule has 4 rings (SSSR count). The van der Waals surface area contributed by atoms with Gasteiger partial charge in [-0.05, 0) is 54.3 Å². The van der Waals surface area contributed by atoms with Crippen LogP contribution in [0.5, 0.6) is 5.75 Å². The van der Waals surface area contributed by atoms with Gasteiger partial charge in [0, 0.05) is 19.0 Å². The van der Waals surface area contributed by atoms with Crippen molar-refractivity contribution in [1.82, 2.24) is 10.2 Å². The number of rotatable bonds is 8. The molecule has 6 heteroatoms. The minimum Gasteiger partial charge on any atom is -0.486 e. The van der Waals surface area contributed by atoms with Crippen LogP contribution in [0.4, 0.5) is 0 Å². The molecule has 0 saturated carbocycles. The van der Waals surface area contributed by atoms with E-state index < -0.39 is 0 Å². The Balaban J connectivity index is 1.58. The van der Waals surface area contributed by atoms with E-state index >= 15 is 0 Å². The summed E-state index contributed by atoms with van der Waals surface area (Å²) in [6.07, 6.45) is 2.42. The molecular weight excluding hydrogens is 440 g/mol. The number of aryl methyl sites for hydroxylation is 1. The smallest absolute Gasteiger partial charge is 0.287 e. The highest BCUT2D eigenvalue weighted by atomic mass is 16.5. The van der Waals surface area contributed by atoms with Crippen molar-refractivity contribution >= 4 is 11.8 Å². The number of nitrogens with zero attached hydrogens (tertiary/aromatic N) is 1. The van der Waals surface area contributed by atoms with Crippen LogP contribution in [-0.4, -0.2) is 29.8 Å². The molecule has 0 aliphatic carbocycles. The van der Waals surface area contributed by atoms with Gasteiger partial charge >= 0.3 is 0 Å². The van der Waals surface area contributed by atoms with Crippen LogP contribution in [0, 0.1) is 12.8 Å². The predicted molar refractivity (Wildman–Crippen MR) is 135 cm³/mol. The van der Waals surface area contributed by atoms with Gasteiger partial charge in [0.05, 0.1) is 6.04 Å². The van der Waals surface area contributed by atoms with Gasteiger partial charge < -0.3 is 19.4 Å². The van der Waals surface area contributed by atoms with Crippen molar-refractivity contribution in [1.29, 1.82) is 0 Å². The molecule has 0 fully saturated rings. The number of fused-ring (bicyclic) bond motifs is 1. The topological polar surface area (TPSA) is 71.8 Å². The van der Waals surface area contributed by atoms with Gasteiger partial charge in [0.15, 0.2) is 5.76 Å². The molecule has 2 aromatic carbocycles. The summed E-state index contributed by atoms with van der Waals surface area (Å²) in [5.74, 6) is 1.25. The summed E-state index contributed by atoms with van der Waals surface area (Å²) >= 11 is 0. The second-order valence-electron chi connectivity index (χ2n) is 9.16. The van der Waals surface area contributed by atoms with Gasteiger partial charge in [0.25, 0.3) is 5.91 Å². The minimum absolute atomic E-state index is 0.0826. The maximum absolute atomic E-state index is 13.1. The van der Waals surface area contributed by atoms with E-state index in [1.165, 1.54) is 11.1 Å². The highest BCUT2D eigenvalue weighted by Crippen LogP contribution is 2.38. The molecule has 1 N–H and O–H groups in total. The standard InChI is InChI=1S/C29H32N2O4/c1-5-15-30-28(32)26-13-12-24(35-26)18-34-23-11-10-21-14-16-31(29(33)19(2)3)27(25(21)17-23)22-8-6-20(4)7-9-22/h5-13,17,19,27H,1,14-16,18H2,2-4H3,(H,30,32)/t27-/m0/s1. The molecule has 1 aromatic heterocycles. The molecule has 6 nitrogen and oxygen atoms in total. The van der Waals surface area contributed by atoms with Crippen molar-refractivity contribution in [2.45, 2.75) is 39.8 Å². The second-order valence-corrected chi connectivity index (χ2v) is 9.16. The van der Waals surface area contributed by atoms with Gasteiger partial charge in [0.1, 0.15) is 18.1 Å². The lowest BCUT2D eigenvalue weighted by Crippen LogP contribution is -2.42. The van der Waals surface area contributed by atoms with Crippen LogP contribution in [0.15, 0.2) is 71.7 Å². The summed E-state index contributed by atoms with van der Waals surface area (Å²) in [6, 6.07) is 17.6. The largest absolute Gasteiger partial charge is 0.486 e. The molecule has 3 aromatic rings. The van der Waals surface area contributed by atoms with E-state index in [1.54, 1.807) is 18.2 Å². The molecule has 0 unspecified atom stereocenters. The first kappa shape index (κ1) is 24.3. The Morgan fingerprint density at radius 3 is 2.66 bits per heavy atom. The van der Waals surface area contributed by atoms with Crippen LogP contribution in [0.2, 0.25) is 0 Å². The zero-order valence-corrected chi connectivity index (χ0v) is 20.5.